The van der Waals surface area contributed by atoms with E-state index in [0.29, 0.717) is 13.1 Å². The molecule has 88 valence electrons. The van der Waals surface area contributed by atoms with Crippen molar-refractivity contribution in [2.24, 2.45) is 11.8 Å². The molecule has 1 fully saturated rings. The van der Waals surface area contributed by atoms with Crippen LogP contribution in [-0.2, 0) is 4.79 Å². The first-order chi connectivity index (χ1) is 6.97. The molecule has 1 aliphatic rings. The van der Waals surface area contributed by atoms with Crippen molar-refractivity contribution in [3.63, 3.8) is 0 Å². The number of amides is 1. The van der Waals surface area contributed by atoms with E-state index in [1.807, 2.05) is 11.8 Å². The Morgan fingerprint density at radius 3 is 2.27 bits per heavy atom. The minimum absolute atomic E-state index is 0.0552. The fraction of sp³-hybridized carbons (Fsp3) is 0.889. The number of aliphatic hydroxyl groups is 2. The van der Waals surface area contributed by atoms with Crippen LogP contribution >= 0.6 is 0 Å². The maximum absolute atomic E-state index is 11.3. The average Bonchev–Trinajstić information content (AvgIpc) is 2.56. The van der Waals surface area contributed by atoms with Crippen molar-refractivity contribution in [2.75, 3.05) is 13.1 Å². The molecule has 1 heterocycles. The van der Waals surface area contributed by atoms with Crippen molar-refractivity contribution >= 4 is 5.91 Å². The number of likely N-dealkylation sites (tertiary alicyclic amines) is 1. The largest absolute Gasteiger partial charge is 0.389 e. The van der Waals surface area contributed by atoms with Crippen LogP contribution in [0.15, 0.2) is 0 Å². The molecule has 1 saturated heterocycles. The Labute approximate surface area is 89.0 Å². The van der Waals surface area contributed by atoms with E-state index < -0.39 is 12.2 Å². The van der Waals surface area contributed by atoms with E-state index in [-0.39, 0.29) is 17.9 Å². The van der Waals surface area contributed by atoms with Crippen LogP contribution in [0.2, 0.25) is 0 Å². The highest BCUT2D eigenvalue weighted by molar-refractivity contribution is 5.78. The van der Waals surface area contributed by atoms with Gasteiger partial charge in [-0.25, -0.2) is 5.84 Å². The maximum atomic E-state index is 11.3. The lowest BCUT2D eigenvalue weighted by Crippen LogP contribution is -2.45. The quantitative estimate of drug-likeness (QED) is 0.250. The second-order valence-electron chi connectivity index (χ2n) is 4.13. The zero-order chi connectivity index (χ0) is 11.6. The number of hydrazine groups is 1. The summed E-state index contributed by atoms with van der Waals surface area (Å²) >= 11 is 0. The SMILES string of the molecule is CC(C(=O)NN)C(C)N1CC(O)C(O)C1. The van der Waals surface area contributed by atoms with Gasteiger partial charge in [0.05, 0.1) is 18.1 Å². The minimum Gasteiger partial charge on any atom is -0.389 e. The lowest BCUT2D eigenvalue weighted by molar-refractivity contribution is -0.126. The lowest BCUT2D eigenvalue weighted by Gasteiger charge is -2.27. The van der Waals surface area contributed by atoms with Gasteiger partial charge in [-0.15, -0.1) is 0 Å². The fourth-order valence-corrected chi connectivity index (χ4v) is 1.80. The third-order valence-electron chi connectivity index (χ3n) is 3.14. The summed E-state index contributed by atoms with van der Waals surface area (Å²) in [6.07, 6.45) is -1.44. The monoisotopic (exact) mass is 217 g/mol. The van der Waals surface area contributed by atoms with Crippen molar-refractivity contribution in [2.45, 2.75) is 32.1 Å². The third kappa shape index (κ3) is 2.66. The Morgan fingerprint density at radius 2 is 1.87 bits per heavy atom. The van der Waals surface area contributed by atoms with Crippen LogP contribution in [0.25, 0.3) is 0 Å². The average molecular weight is 217 g/mol. The van der Waals surface area contributed by atoms with Crippen LogP contribution in [0.4, 0.5) is 0 Å². The Kier molecular flexibility index (Phi) is 4.04. The zero-order valence-electron chi connectivity index (χ0n) is 9.05. The first-order valence-corrected chi connectivity index (χ1v) is 5.08. The Hall–Kier alpha value is -0.690. The molecule has 15 heavy (non-hydrogen) atoms. The van der Waals surface area contributed by atoms with Gasteiger partial charge < -0.3 is 10.2 Å². The van der Waals surface area contributed by atoms with Crippen LogP contribution in [-0.4, -0.2) is 52.4 Å². The molecule has 1 rings (SSSR count). The van der Waals surface area contributed by atoms with E-state index in [2.05, 4.69) is 5.43 Å². The fourth-order valence-electron chi connectivity index (χ4n) is 1.80. The van der Waals surface area contributed by atoms with Gasteiger partial charge in [0, 0.05) is 19.1 Å². The molecule has 1 aliphatic heterocycles. The van der Waals surface area contributed by atoms with E-state index in [9.17, 15) is 15.0 Å². The topological polar surface area (TPSA) is 98.8 Å². The summed E-state index contributed by atoms with van der Waals surface area (Å²) in [5.74, 6) is 4.54. The standard InChI is InChI=1S/C9H19N3O3/c1-5(9(15)11-10)6(2)12-3-7(13)8(14)4-12/h5-8,13-14H,3-4,10H2,1-2H3,(H,11,15). The van der Waals surface area contributed by atoms with Crippen molar-refractivity contribution in [1.82, 2.24) is 10.3 Å². The summed E-state index contributed by atoms with van der Waals surface area (Å²) in [6, 6.07) is -0.0552. The van der Waals surface area contributed by atoms with Crippen LogP contribution < -0.4 is 11.3 Å². The maximum Gasteiger partial charge on any atom is 0.238 e. The Bertz CT molecular complexity index is 227. The molecule has 5 N–H and O–H groups in total. The van der Waals surface area contributed by atoms with Gasteiger partial charge in [0.1, 0.15) is 0 Å². The highest BCUT2D eigenvalue weighted by Gasteiger charge is 2.35. The number of nitrogens with one attached hydrogen (secondary N) is 1. The molecule has 0 aromatic carbocycles. The molecule has 0 aliphatic carbocycles. The van der Waals surface area contributed by atoms with E-state index in [1.54, 1.807) is 6.92 Å². The molecule has 0 radical (unpaired) electrons. The van der Waals surface area contributed by atoms with Crippen molar-refractivity contribution < 1.29 is 15.0 Å². The van der Waals surface area contributed by atoms with E-state index >= 15 is 0 Å². The lowest BCUT2D eigenvalue weighted by atomic mass is 10.0. The molecule has 0 aromatic rings. The van der Waals surface area contributed by atoms with Crippen molar-refractivity contribution in [3.05, 3.63) is 0 Å². The molecule has 0 saturated carbocycles. The number of nitrogens with zero attached hydrogens (tertiary/aromatic N) is 1. The molecular formula is C9H19N3O3. The zero-order valence-corrected chi connectivity index (χ0v) is 9.05. The number of aliphatic hydroxyl groups excluding tert-OH is 2. The third-order valence-corrected chi connectivity index (χ3v) is 3.14. The molecule has 0 bridgehead atoms. The summed E-state index contributed by atoms with van der Waals surface area (Å²) in [6.45, 7) is 4.43. The van der Waals surface area contributed by atoms with Crippen molar-refractivity contribution in [1.29, 1.82) is 0 Å². The molecule has 4 unspecified atom stereocenters. The predicted molar refractivity (Wildman–Crippen MR) is 54.5 cm³/mol. The number of rotatable bonds is 3. The van der Waals surface area contributed by atoms with Crippen molar-refractivity contribution in [3.8, 4) is 0 Å². The summed E-state index contributed by atoms with van der Waals surface area (Å²) in [4.78, 5) is 13.2. The molecule has 6 nitrogen and oxygen atoms in total. The number of carbonyl (C=O) groups is 1. The Morgan fingerprint density at radius 1 is 1.40 bits per heavy atom. The van der Waals surface area contributed by atoms with Gasteiger partial charge in [-0.05, 0) is 6.92 Å². The molecule has 0 spiro atoms. The van der Waals surface area contributed by atoms with Gasteiger partial charge >= 0.3 is 0 Å². The summed E-state index contributed by atoms with van der Waals surface area (Å²) in [7, 11) is 0. The number of hydrogen-bond donors (Lipinski definition) is 4. The predicted octanol–water partition coefficient (Wildman–Crippen LogP) is -1.96. The molecule has 6 heteroatoms. The van der Waals surface area contributed by atoms with Crippen LogP contribution in [0.1, 0.15) is 13.8 Å². The van der Waals surface area contributed by atoms with Gasteiger partial charge in [-0.1, -0.05) is 6.92 Å². The molecule has 0 aromatic heterocycles. The summed E-state index contributed by atoms with van der Waals surface area (Å²) in [5.41, 5.74) is 2.10. The van der Waals surface area contributed by atoms with Gasteiger partial charge in [0.2, 0.25) is 5.91 Å². The normalized spacial score (nSPS) is 31.3. The molecule has 1 amide bonds. The number of β-amino-alcohol motifs (C(OH)–C–C–N with tert-alkyl or cyclic N) is 2. The van der Waals surface area contributed by atoms with Crippen LogP contribution in [0.5, 0.6) is 0 Å². The van der Waals surface area contributed by atoms with Crippen LogP contribution in [0.3, 0.4) is 0 Å². The number of hydrogen-bond acceptors (Lipinski definition) is 5. The van der Waals surface area contributed by atoms with Crippen LogP contribution in [0, 0.1) is 5.92 Å². The van der Waals surface area contributed by atoms with E-state index in [4.69, 9.17) is 5.84 Å². The van der Waals surface area contributed by atoms with Gasteiger partial charge in [-0.2, -0.15) is 0 Å². The van der Waals surface area contributed by atoms with E-state index in [1.165, 1.54) is 0 Å². The first-order valence-electron chi connectivity index (χ1n) is 5.08. The smallest absolute Gasteiger partial charge is 0.238 e. The number of carbonyl (C=O) groups excluding carboxylic acids is 1. The number of nitrogens with two attached hydrogens (primary N) is 1. The summed E-state index contributed by atoms with van der Waals surface area (Å²) < 4.78 is 0. The second-order valence-corrected chi connectivity index (χ2v) is 4.13. The Balaban J connectivity index is 2.54. The minimum atomic E-state index is -0.722. The molecular weight excluding hydrogens is 198 g/mol. The highest BCUT2D eigenvalue weighted by Crippen LogP contribution is 2.18. The van der Waals surface area contributed by atoms with E-state index in [0.717, 1.165) is 0 Å². The van der Waals surface area contributed by atoms with Gasteiger partial charge in [-0.3, -0.25) is 15.1 Å². The van der Waals surface area contributed by atoms with Gasteiger partial charge in [0.25, 0.3) is 0 Å². The van der Waals surface area contributed by atoms with Gasteiger partial charge in [0.15, 0.2) is 0 Å². The highest BCUT2D eigenvalue weighted by atomic mass is 16.3. The summed E-state index contributed by atoms with van der Waals surface area (Å²) in [5, 5.41) is 18.8. The molecule has 4 atom stereocenters. The first kappa shape index (κ1) is 12.4. The second kappa shape index (κ2) is 4.89.